The van der Waals surface area contributed by atoms with Gasteiger partial charge in [0.1, 0.15) is 18.0 Å². The summed E-state index contributed by atoms with van der Waals surface area (Å²) in [6.45, 7) is 3.42. The number of nitrogens with two attached hydrogens (primary N) is 1. The Morgan fingerprint density at radius 1 is 0.875 bits per heavy atom. The van der Waals surface area contributed by atoms with Crippen LogP contribution < -0.4 is 36.7 Å². The van der Waals surface area contributed by atoms with Gasteiger partial charge in [0.05, 0.1) is 27.9 Å². The zero-order chi connectivity index (χ0) is 16.7. The lowest BCUT2D eigenvalue weighted by Gasteiger charge is -2.13. The normalized spacial score (nSPS) is 9.83. The van der Waals surface area contributed by atoms with Gasteiger partial charge in [-0.25, -0.2) is 0 Å². The van der Waals surface area contributed by atoms with Crippen molar-refractivity contribution >= 4 is 5.69 Å². The second-order valence-electron chi connectivity index (χ2n) is 4.94. The number of halogens is 1. The van der Waals surface area contributed by atoms with Crippen LogP contribution in [0.3, 0.4) is 0 Å². The van der Waals surface area contributed by atoms with E-state index >= 15 is 0 Å². The summed E-state index contributed by atoms with van der Waals surface area (Å²) in [5, 5.41) is 2.15. The van der Waals surface area contributed by atoms with Gasteiger partial charge in [-0.3, -0.25) is 0 Å². The summed E-state index contributed by atoms with van der Waals surface area (Å²) in [5.41, 5.74) is 2.23. The van der Waals surface area contributed by atoms with E-state index in [0.29, 0.717) is 23.9 Å². The van der Waals surface area contributed by atoms with Crippen LogP contribution in [0.4, 0.5) is 5.69 Å². The molecule has 0 heterocycles. The Morgan fingerprint density at radius 2 is 1.46 bits per heavy atom. The van der Waals surface area contributed by atoms with Crippen LogP contribution in [0.25, 0.3) is 0 Å². The molecule has 0 aromatic heterocycles. The molecule has 2 N–H and O–H groups in total. The Labute approximate surface area is 149 Å². The van der Waals surface area contributed by atoms with E-state index in [2.05, 4.69) is 5.32 Å². The standard InChI is InChI=1S/C18H23NO4.ClH/c1-5-23-15-8-6-14(7-9-15)19-12-13-10-16(20-2)18(22-4)17(11-13)21-3;/h6-11,19H,5,12H2,1-4H3;1H. The Hall–Kier alpha value is -2.11. The molecule has 0 amide bonds. The molecule has 0 bridgehead atoms. The molecule has 0 unspecified atom stereocenters. The molecule has 0 spiro atoms. The van der Waals surface area contributed by atoms with Crippen LogP contribution in [-0.4, -0.2) is 27.9 Å². The highest BCUT2D eigenvalue weighted by molar-refractivity contribution is 5.53. The highest BCUT2D eigenvalue weighted by Crippen LogP contribution is 2.37. The van der Waals surface area contributed by atoms with Crippen LogP contribution >= 0.6 is 0 Å². The van der Waals surface area contributed by atoms with Crippen molar-refractivity contribution in [1.29, 1.82) is 0 Å². The number of methoxy groups -OCH3 is 3. The first kappa shape index (κ1) is 19.9. The Balaban J connectivity index is 0.00000288. The average molecular weight is 354 g/mol. The van der Waals surface area contributed by atoms with E-state index in [-0.39, 0.29) is 12.4 Å². The molecule has 24 heavy (non-hydrogen) atoms. The highest BCUT2D eigenvalue weighted by Gasteiger charge is 2.14. The van der Waals surface area contributed by atoms with Gasteiger partial charge in [-0.15, -0.1) is 0 Å². The van der Waals surface area contributed by atoms with Gasteiger partial charge in [0.15, 0.2) is 11.5 Å². The fraction of sp³-hybridized carbons (Fsp3) is 0.333. The molecular formula is C18H24ClNO4. The third-order valence-electron chi connectivity index (χ3n) is 3.49. The highest BCUT2D eigenvalue weighted by atomic mass is 35.5. The molecule has 0 radical (unpaired) electrons. The summed E-state index contributed by atoms with van der Waals surface area (Å²) < 4.78 is 21.5. The van der Waals surface area contributed by atoms with E-state index in [4.69, 9.17) is 18.9 Å². The molecule has 0 aliphatic rings. The third kappa shape index (κ3) is 4.94. The number of ether oxygens (including phenoxy) is 4. The van der Waals surface area contributed by atoms with Crippen LogP contribution in [-0.2, 0) is 6.54 Å². The number of hydrogen-bond donors (Lipinski definition) is 1. The minimum Gasteiger partial charge on any atom is -1.00 e. The van der Waals surface area contributed by atoms with Crippen molar-refractivity contribution in [2.75, 3.05) is 27.9 Å². The van der Waals surface area contributed by atoms with Crippen LogP contribution in [0.1, 0.15) is 12.5 Å². The molecule has 0 saturated heterocycles. The van der Waals surface area contributed by atoms with Crippen molar-refractivity contribution < 1.29 is 36.7 Å². The van der Waals surface area contributed by atoms with Crippen molar-refractivity contribution in [2.24, 2.45) is 0 Å². The van der Waals surface area contributed by atoms with Gasteiger partial charge < -0.3 is 36.7 Å². The lowest BCUT2D eigenvalue weighted by molar-refractivity contribution is -0.588. The summed E-state index contributed by atoms with van der Waals surface area (Å²) in [4.78, 5) is 0. The van der Waals surface area contributed by atoms with Gasteiger partial charge >= 0.3 is 0 Å². The van der Waals surface area contributed by atoms with E-state index in [0.717, 1.165) is 23.5 Å². The smallest absolute Gasteiger partial charge is 0.203 e. The van der Waals surface area contributed by atoms with Crippen LogP contribution in [0, 0.1) is 0 Å². The first-order chi connectivity index (χ1) is 11.2. The van der Waals surface area contributed by atoms with Gasteiger partial charge in [0.2, 0.25) is 5.75 Å². The average Bonchev–Trinajstić information content (AvgIpc) is 2.60. The van der Waals surface area contributed by atoms with Crippen molar-refractivity contribution in [3.8, 4) is 23.0 Å². The quantitative estimate of drug-likeness (QED) is 0.651. The largest absolute Gasteiger partial charge is 1.00 e. The van der Waals surface area contributed by atoms with E-state index in [9.17, 15) is 0 Å². The molecule has 0 saturated carbocycles. The summed E-state index contributed by atoms with van der Waals surface area (Å²) in [5.74, 6) is 2.83. The molecule has 5 nitrogen and oxygen atoms in total. The molecular weight excluding hydrogens is 330 g/mol. The summed E-state index contributed by atoms with van der Waals surface area (Å²) in [6.07, 6.45) is 0. The summed E-state index contributed by atoms with van der Waals surface area (Å²) >= 11 is 0. The lowest BCUT2D eigenvalue weighted by Crippen LogP contribution is -3.00. The molecule has 132 valence electrons. The first-order valence-corrected chi connectivity index (χ1v) is 7.56. The van der Waals surface area contributed by atoms with Gasteiger partial charge in [0.25, 0.3) is 0 Å². The Morgan fingerprint density at radius 3 is 1.92 bits per heavy atom. The van der Waals surface area contributed by atoms with E-state index in [1.807, 2.05) is 43.3 Å². The molecule has 2 aromatic rings. The van der Waals surface area contributed by atoms with Gasteiger partial charge in [-0.2, -0.15) is 0 Å². The van der Waals surface area contributed by atoms with Crippen molar-refractivity contribution in [3.05, 3.63) is 42.0 Å². The number of quaternary nitrogens is 1. The fourth-order valence-corrected chi connectivity index (χ4v) is 2.36. The predicted molar refractivity (Wildman–Crippen MR) is 89.0 cm³/mol. The molecule has 2 aromatic carbocycles. The van der Waals surface area contributed by atoms with E-state index < -0.39 is 0 Å². The number of rotatable bonds is 8. The van der Waals surface area contributed by atoms with Crippen LogP contribution in [0.15, 0.2) is 36.4 Å². The monoisotopic (exact) mass is 353 g/mol. The molecule has 2 rings (SSSR count). The zero-order valence-electron chi connectivity index (χ0n) is 14.5. The van der Waals surface area contributed by atoms with Crippen molar-refractivity contribution in [2.45, 2.75) is 13.5 Å². The molecule has 6 heteroatoms. The number of benzene rings is 2. The first-order valence-electron chi connectivity index (χ1n) is 7.56. The van der Waals surface area contributed by atoms with Gasteiger partial charge in [0, 0.05) is 17.7 Å². The fourth-order valence-electron chi connectivity index (χ4n) is 2.36. The second kappa shape index (κ2) is 9.90. The lowest BCUT2D eigenvalue weighted by atomic mass is 10.1. The molecule has 0 fully saturated rings. The minimum atomic E-state index is 0. The van der Waals surface area contributed by atoms with Crippen LogP contribution in [0.2, 0.25) is 0 Å². The Bertz CT molecular complexity index is 606. The maximum atomic E-state index is 5.45. The SMILES string of the molecule is CCOc1ccc([NH2+]Cc2cc(OC)c(OC)c(OC)c2)cc1.[Cl-]. The van der Waals surface area contributed by atoms with Crippen molar-refractivity contribution in [3.63, 3.8) is 0 Å². The summed E-state index contributed by atoms with van der Waals surface area (Å²) in [7, 11) is 4.85. The van der Waals surface area contributed by atoms with Gasteiger partial charge in [-0.1, -0.05) is 0 Å². The van der Waals surface area contributed by atoms with E-state index in [1.54, 1.807) is 21.3 Å². The third-order valence-corrected chi connectivity index (χ3v) is 3.49. The summed E-state index contributed by atoms with van der Waals surface area (Å²) in [6, 6.07) is 12.0. The zero-order valence-corrected chi connectivity index (χ0v) is 15.2. The molecule has 0 aliphatic heterocycles. The van der Waals surface area contributed by atoms with Crippen molar-refractivity contribution in [1.82, 2.24) is 0 Å². The van der Waals surface area contributed by atoms with Crippen LogP contribution in [0.5, 0.6) is 23.0 Å². The molecule has 0 atom stereocenters. The topological polar surface area (TPSA) is 53.5 Å². The second-order valence-corrected chi connectivity index (χ2v) is 4.94. The predicted octanol–water partition coefficient (Wildman–Crippen LogP) is -0.490. The molecule has 0 aliphatic carbocycles. The maximum Gasteiger partial charge on any atom is 0.203 e. The number of hydrogen-bond acceptors (Lipinski definition) is 4. The van der Waals surface area contributed by atoms with E-state index in [1.165, 1.54) is 0 Å². The Kier molecular flexibility index (Phi) is 8.22. The minimum absolute atomic E-state index is 0. The maximum absolute atomic E-state index is 5.45. The van der Waals surface area contributed by atoms with Gasteiger partial charge in [-0.05, 0) is 31.2 Å².